The average Bonchev–Trinajstić information content (AvgIpc) is 3.50. The second-order valence-corrected chi connectivity index (χ2v) is 11.7. The molecule has 3 N–H and O–H groups in total. The smallest absolute Gasteiger partial charge is 0.254 e. The molecule has 0 bridgehead atoms. The van der Waals surface area contributed by atoms with Gasteiger partial charge in [0.25, 0.3) is 11.8 Å². The number of piperazine rings is 1. The van der Waals surface area contributed by atoms with E-state index in [1.165, 1.54) is 6.07 Å². The Morgan fingerprint density at radius 1 is 1.15 bits per heavy atom. The molecule has 2 aliphatic rings. The minimum atomic E-state index is -1.33. The highest BCUT2D eigenvalue weighted by molar-refractivity contribution is 6.33. The first-order chi connectivity index (χ1) is 22.2. The Bertz CT molecular complexity index is 1840. The molecule has 46 heavy (non-hydrogen) atoms. The van der Waals surface area contributed by atoms with Gasteiger partial charge in [-0.25, -0.2) is 14.4 Å². The number of aromatic nitrogens is 3. The number of piperidine rings is 1. The topological polar surface area (TPSA) is 148 Å². The van der Waals surface area contributed by atoms with Crippen LogP contribution in [0.25, 0.3) is 16.9 Å². The van der Waals surface area contributed by atoms with Crippen LogP contribution in [0.2, 0.25) is 5.02 Å². The minimum Gasteiger partial charge on any atom is -0.476 e. The number of aliphatic hydroxyl groups is 1. The Kier molecular flexibility index (Phi) is 8.77. The number of nitrogens with one attached hydrogen (secondary N) is 2. The Morgan fingerprint density at radius 3 is 2.61 bits per heavy atom. The van der Waals surface area contributed by atoms with Gasteiger partial charge >= 0.3 is 0 Å². The first-order valence-corrected chi connectivity index (χ1v) is 15.3. The number of anilines is 2. The number of imidazole rings is 1. The summed E-state index contributed by atoms with van der Waals surface area (Å²) in [7, 11) is 0. The van der Waals surface area contributed by atoms with Gasteiger partial charge in [-0.1, -0.05) is 11.6 Å². The third kappa shape index (κ3) is 5.94. The minimum absolute atomic E-state index is 0.116. The van der Waals surface area contributed by atoms with E-state index in [2.05, 4.69) is 20.6 Å². The van der Waals surface area contributed by atoms with E-state index in [9.17, 15) is 19.1 Å². The van der Waals surface area contributed by atoms with E-state index < -0.39 is 11.4 Å². The summed E-state index contributed by atoms with van der Waals surface area (Å²) in [6.45, 7) is 4.27. The molecule has 0 radical (unpaired) electrons. The van der Waals surface area contributed by atoms with Gasteiger partial charge < -0.3 is 30.3 Å². The number of hydrogen-bond acceptors (Lipinski definition) is 9. The number of halogens is 2. The van der Waals surface area contributed by atoms with Crippen molar-refractivity contribution in [2.24, 2.45) is 0 Å². The molecule has 2 saturated heterocycles. The molecule has 14 heteroatoms. The molecule has 238 valence electrons. The fourth-order valence-electron chi connectivity index (χ4n) is 5.91. The number of carbonyl (C=O) groups excluding carboxylic acids is 2. The van der Waals surface area contributed by atoms with E-state index in [-0.39, 0.29) is 29.2 Å². The van der Waals surface area contributed by atoms with Gasteiger partial charge in [0, 0.05) is 55.4 Å². The van der Waals surface area contributed by atoms with Gasteiger partial charge in [-0.2, -0.15) is 5.26 Å². The highest BCUT2D eigenvalue weighted by atomic mass is 35.5. The van der Waals surface area contributed by atoms with Crippen LogP contribution in [-0.2, 0) is 4.79 Å². The Hall–Kier alpha value is -4.77. The van der Waals surface area contributed by atoms with Crippen LogP contribution in [0, 0.1) is 24.1 Å². The van der Waals surface area contributed by atoms with Gasteiger partial charge in [0.15, 0.2) is 29.6 Å². The molecule has 6 rings (SSSR count). The third-order valence-corrected chi connectivity index (χ3v) is 8.82. The highest BCUT2D eigenvalue weighted by Crippen LogP contribution is 2.36. The lowest BCUT2D eigenvalue weighted by Crippen LogP contribution is -2.59. The second kappa shape index (κ2) is 12.9. The highest BCUT2D eigenvalue weighted by Gasteiger charge is 2.41. The normalized spacial score (nSPS) is 16.2. The van der Waals surface area contributed by atoms with Crippen molar-refractivity contribution < 1.29 is 23.8 Å². The average molecular weight is 647 g/mol. The van der Waals surface area contributed by atoms with Gasteiger partial charge in [-0.3, -0.25) is 14.0 Å². The Morgan fingerprint density at radius 2 is 1.89 bits per heavy atom. The van der Waals surface area contributed by atoms with Crippen molar-refractivity contribution in [3.05, 3.63) is 70.9 Å². The van der Waals surface area contributed by atoms with E-state index in [1.807, 2.05) is 13.0 Å². The fraction of sp³-hybridized carbons (Fsp3) is 0.344. The van der Waals surface area contributed by atoms with Gasteiger partial charge in [-0.05, 0) is 68.8 Å². The quantitative estimate of drug-likeness (QED) is 0.274. The number of rotatable bonds is 7. The van der Waals surface area contributed by atoms with Crippen LogP contribution in [0.15, 0.2) is 48.9 Å². The molecule has 2 fully saturated rings. The third-order valence-electron chi connectivity index (χ3n) is 8.45. The van der Waals surface area contributed by atoms with Crippen molar-refractivity contribution in [2.45, 2.75) is 25.4 Å². The molecule has 4 heterocycles. The molecule has 2 aromatic heterocycles. The molecule has 0 unspecified atom stereocenters. The zero-order chi connectivity index (χ0) is 32.4. The van der Waals surface area contributed by atoms with Crippen molar-refractivity contribution in [2.75, 3.05) is 51.2 Å². The maximum atomic E-state index is 14.8. The predicted molar refractivity (Wildman–Crippen MR) is 168 cm³/mol. The van der Waals surface area contributed by atoms with Gasteiger partial charge in [0.1, 0.15) is 11.7 Å². The van der Waals surface area contributed by atoms with Crippen LogP contribution in [0.4, 0.5) is 15.9 Å². The number of fused-ring (bicyclic) bond motifs is 1. The molecule has 2 aromatic carbocycles. The SMILES string of the molecule is Cc1cc(Nc2nccn3c(-c4ccc(OCC#N)c(F)c4Cl)cnc23)ccc1C(=O)N1CCN(C(=O)C2(O)CCNCC2)CC1. The van der Waals surface area contributed by atoms with Crippen molar-refractivity contribution >= 4 is 40.6 Å². The lowest BCUT2D eigenvalue weighted by molar-refractivity contribution is -0.155. The molecule has 0 spiro atoms. The molecule has 2 aliphatic heterocycles. The van der Waals surface area contributed by atoms with Crippen LogP contribution >= 0.6 is 11.6 Å². The summed E-state index contributed by atoms with van der Waals surface area (Å²) < 4.78 is 21.7. The summed E-state index contributed by atoms with van der Waals surface area (Å²) in [4.78, 5) is 38.7. The largest absolute Gasteiger partial charge is 0.476 e. The number of aryl methyl sites for hydroxylation is 1. The van der Waals surface area contributed by atoms with E-state index in [1.54, 1.807) is 57.1 Å². The van der Waals surface area contributed by atoms with Crippen LogP contribution in [-0.4, -0.2) is 92.6 Å². The first-order valence-electron chi connectivity index (χ1n) is 14.9. The van der Waals surface area contributed by atoms with Crippen LogP contribution in [0.3, 0.4) is 0 Å². The van der Waals surface area contributed by atoms with E-state index in [4.69, 9.17) is 21.6 Å². The van der Waals surface area contributed by atoms with Gasteiger partial charge in [0.05, 0.1) is 16.9 Å². The summed E-state index contributed by atoms with van der Waals surface area (Å²) in [6, 6.07) is 10.2. The van der Waals surface area contributed by atoms with Gasteiger partial charge in [0.2, 0.25) is 0 Å². The first kappa shape index (κ1) is 31.2. The maximum absolute atomic E-state index is 14.8. The maximum Gasteiger partial charge on any atom is 0.254 e. The molecule has 4 aromatic rings. The number of carbonyl (C=O) groups is 2. The molecular weight excluding hydrogens is 615 g/mol. The van der Waals surface area contributed by atoms with E-state index in [0.29, 0.717) is 86.1 Å². The molecule has 0 aliphatic carbocycles. The molecular formula is C32H32ClFN8O4. The zero-order valence-electron chi connectivity index (χ0n) is 25.1. The summed E-state index contributed by atoms with van der Waals surface area (Å²) in [6.07, 6.45) is 5.60. The van der Waals surface area contributed by atoms with Crippen molar-refractivity contribution in [1.29, 1.82) is 5.26 Å². The van der Waals surface area contributed by atoms with Crippen LogP contribution < -0.4 is 15.4 Å². The van der Waals surface area contributed by atoms with E-state index >= 15 is 0 Å². The Labute approximate surface area is 269 Å². The van der Waals surface area contributed by atoms with Crippen molar-refractivity contribution in [3.8, 4) is 23.1 Å². The molecule has 12 nitrogen and oxygen atoms in total. The number of nitrogens with zero attached hydrogens (tertiary/aromatic N) is 6. The fourth-order valence-corrected chi connectivity index (χ4v) is 6.16. The number of benzene rings is 2. The number of nitriles is 1. The molecule has 0 saturated carbocycles. The van der Waals surface area contributed by atoms with Crippen LogP contribution in [0.5, 0.6) is 5.75 Å². The zero-order valence-corrected chi connectivity index (χ0v) is 25.8. The monoisotopic (exact) mass is 646 g/mol. The number of ether oxygens (including phenoxy) is 1. The lowest BCUT2D eigenvalue weighted by Gasteiger charge is -2.40. The summed E-state index contributed by atoms with van der Waals surface area (Å²) in [5, 5.41) is 25.8. The standard InChI is InChI=1S/C32H32ClFN8O4/c1-20-18-21(2-3-22(20)30(43)40-13-15-41(16-14-40)31(44)32(45)6-9-36-10-7-32)39-28-29-38-19-24(42(29)12-11-37-28)23-4-5-25(46-17-8-35)27(34)26(23)33/h2-5,11-12,18-19,36,45H,6-7,9-10,13-17H2,1H3,(H,37,39). The molecule has 2 amide bonds. The summed E-state index contributed by atoms with van der Waals surface area (Å²) >= 11 is 6.34. The molecule has 0 atom stereocenters. The predicted octanol–water partition coefficient (Wildman–Crippen LogP) is 3.54. The van der Waals surface area contributed by atoms with Gasteiger partial charge in [-0.15, -0.1) is 0 Å². The number of hydrogen-bond donors (Lipinski definition) is 3. The van der Waals surface area contributed by atoms with Crippen molar-refractivity contribution in [1.82, 2.24) is 29.5 Å². The summed E-state index contributed by atoms with van der Waals surface area (Å²) in [5.41, 5.74) is 2.05. The second-order valence-electron chi connectivity index (χ2n) is 11.3. The van der Waals surface area contributed by atoms with Crippen LogP contribution in [0.1, 0.15) is 28.8 Å². The summed E-state index contributed by atoms with van der Waals surface area (Å²) in [5.74, 6) is -0.823. The lowest BCUT2D eigenvalue weighted by atomic mass is 9.90. The number of amides is 2. The van der Waals surface area contributed by atoms with Crippen molar-refractivity contribution in [3.63, 3.8) is 0 Å². The van der Waals surface area contributed by atoms with E-state index in [0.717, 1.165) is 5.56 Å². The Balaban J connectivity index is 1.15.